The predicted octanol–water partition coefficient (Wildman–Crippen LogP) is 3.72. The van der Waals surface area contributed by atoms with Gasteiger partial charge >= 0.3 is 0 Å². The molecule has 1 unspecified atom stereocenters. The highest BCUT2D eigenvalue weighted by Gasteiger charge is 2.23. The second-order valence-corrected chi connectivity index (χ2v) is 5.37. The first-order chi connectivity index (χ1) is 8.74. The van der Waals surface area contributed by atoms with E-state index in [4.69, 9.17) is 12.2 Å². The van der Waals surface area contributed by atoms with Crippen LogP contribution in [-0.2, 0) is 0 Å². The second-order valence-electron chi connectivity index (χ2n) is 4.04. The van der Waals surface area contributed by atoms with Crippen molar-refractivity contribution in [2.45, 2.75) is 0 Å². The molecule has 1 aliphatic heterocycles. The molecule has 18 heavy (non-hydrogen) atoms. The lowest BCUT2D eigenvalue weighted by molar-refractivity contribution is 1.17. The zero-order valence-electron chi connectivity index (χ0n) is 9.38. The molecule has 4 heteroatoms. The van der Waals surface area contributed by atoms with Crippen molar-refractivity contribution in [2.24, 2.45) is 15.9 Å². The van der Waals surface area contributed by atoms with Crippen molar-refractivity contribution in [1.29, 1.82) is 0 Å². The summed E-state index contributed by atoms with van der Waals surface area (Å²) >= 11 is 8.76. The van der Waals surface area contributed by atoms with E-state index in [1.54, 1.807) is 0 Å². The Kier molecular flexibility index (Phi) is 3.06. The van der Waals surface area contributed by atoms with Crippen molar-refractivity contribution in [2.75, 3.05) is 0 Å². The Balaban J connectivity index is 2.02. The molecule has 0 saturated heterocycles. The number of halogens is 1. The molecule has 0 aromatic heterocycles. The largest absolute Gasteiger partial charge is 0.232 e. The van der Waals surface area contributed by atoms with Crippen molar-refractivity contribution in [3.63, 3.8) is 0 Å². The van der Waals surface area contributed by atoms with Crippen LogP contribution in [0.25, 0.3) is 0 Å². The summed E-state index contributed by atoms with van der Waals surface area (Å²) < 4.78 is 1.04. The van der Waals surface area contributed by atoms with Gasteiger partial charge in [0.25, 0.3) is 0 Å². The lowest BCUT2D eigenvalue weighted by atomic mass is 9.97. The van der Waals surface area contributed by atoms with Gasteiger partial charge in [0.1, 0.15) is 4.99 Å². The van der Waals surface area contributed by atoms with Crippen molar-refractivity contribution in [3.05, 3.63) is 58.6 Å². The first-order valence-corrected chi connectivity index (χ1v) is 6.76. The van der Waals surface area contributed by atoms with Crippen LogP contribution in [0.1, 0.15) is 5.56 Å². The van der Waals surface area contributed by atoms with Crippen LogP contribution >= 0.6 is 28.1 Å². The van der Waals surface area contributed by atoms with Crippen molar-refractivity contribution < 1.29 is 0 Å². The number of amidine groups is 1. The van der Waals surface area contributed by atoms with Crippen LogP contribution in [0, 0.1) is 5.92 Å². The fourth-order valence-corrected chi connectivity index (χ4v) is 2.45. The van der Waals surface area contributed by atoms with Crippen LogP contribution in [0.2, 0.25) is 0 Å². The molecular formula is C14H9BrN2S. The van der Waals surface area contributed by atoms with E-state index in [2.05, 4.69) is 25.9 Å². The van der Waals surface area contributed by atoms with E-state index >= 15 is 0 Å². The van der Waals surface area contributed by atoms with Gasteiger partial charge in [-0.2, -0.15) is 0 Å². The van der Waals surface area contributed by atoms with Gasteiger partial charge in [0.15, 0.2) is 5.84 Å². The quantitative estimate of drug-likeness (QED) is 0.725. The minimum atomic E-state index is 0.0594. The molecule has 0 amide bonds. The molecule has 1 aromatic rings. The fraction of sp³-hybridized carbons (Fsp3) is 0.0714. The zero-order valence-corrected chi connectivity index (χ0v) is 11.8. The van der Waals surface area contributed by atoms with Gasteiger partial charge in [-0.3, -0.25) is 0 Å². The highest BCUT2D eigenvalue weighted by molar-refractivity contribution is 9.10. The molecule has 3 rings (SSSR count). The van der Waals surface area contributed by atoms with Crippen LogP contribution in [0.5, 0.6) is 0 Å². The molecule has 0 spiro atoms. The molecule has 0 N–H and O–H groups in total. The Morgan fingerprint density at radius 2 is 1.83 bits per heavy atom. The summed E-state index contributed by atoms with van der Waals surface area (Å²) in [6.07, 6.45) is 7.98. The third-order valence-electron chi connectivity index (χ3n) is 2.82. The highest BCUT2D eigenvalue weighted by atomic mass is 79.9. The van der Waals surface area contributed by atoms with Crippen molar-refractivity contribution in [3.8, 4) is 0 Å². The molecule has 0 saturated carbocycles. The Labute approximate surface area is 119 Å². The van der Waals surface area contributed by atoms with Gasteiger partial charge in [-0.1, -0.05) is 58.5 Å². The Morgan fingerprint density at radius 3 is 2.61 bits per heavy atom. The maximum absolute atomic E-state index is 5.34. The fourth-order valence-electron chi connectivity index (χ4n) is 1.90. The molecule has 0 bridgehead atoms. The number of allylic oxidation sites excluding steroid dienone is 3. The van der Waals surface area contributed by atoms with Crippen LogP contribution in [0.15, 0.2) is 63.0 Å². The molecule has 1 heterocycles. The smallest absolute Gasteiger partial charge is 0.160 e. The van der Waals surface area contributed by atoms with E-state index < -0.39 is 0 Å². The van der Waals surface area contributed by atoms with Crippen LogP contribution in [0.4, 0.5) is 0 Å². The summed E-state index contributed by atoms with van der Waals surface area (Å²) in [5, 5.41) is 0. The second kappa shape index (κ2) is 4.71. The number of hydrogen-bond acceptors (Lipinski definition) is 2. The first kappa shape index (κ1) is 11.7. The van der Waals surface area contributed by atoms with Gasteiger partial charge in [0.2, 0.25) is 0 Å². The van der Waals surface area contributed by atoms with Crippen molar-refractivity contribution >= 4 is 44.7 Å². The number of thiocarbonyl (C=S) groups is 1. The van der Waals surface area contributed by atoms with E-state index in [1.165, 1.54) is 0 Å². The predicted molar refractivity (Wildman–Crippen MR) is 82.5 cm³/mol. The normalized spacial score (nSPS) is 21.4. The average molecular weight is 317 g/mol. The Hall–Kier alpha value is -1.39. The summed E-state index contributed by atoms with van der Waals surface area (Å²) in [7, 11) is 0. The molecule has 2 nitrogen and oxygen atoms in total. The molecule has 1 aliphatic carbocycles. The van der Waals surface area contributed by atoms with E-state index in [1.807, 2.05) is 48.6 Å². The topological polar surface area (TPSA) is 24.7 Å². The van der Waals surface area contributed by atoms with Crippen LogP contribution < -0.4 is 0 Å². The molecule has 0 radical (unpaired) electrons. The number of rotatable bonds is 1. The summed E-state index contributed by atoms with van der Waals surface area (Å²) in [5.41, 5.74) is 1.95. The molecule has 1 atom stereocenters. The summed E-state index contributed by atoms with van der Waals surface area (Å²) in [6.45, 7) is 0. The number of aliphatic imine (C=N–C) groups is 2. The van der Waals surface area contributed by atoms with Gasteiger partial charge in [-0.05, 0) is 18.2 Å². The monoisotopic (exact) mass is 316 g/mol. The van der Waals surface area contributed by atoms with Crippen LogP contribution in [-0.4, -0.2) is 16.5 Å². The van der Waals surface area contributed by atoms with E-state index in [-0.39, 0.29) is 5.92 Å². The van der Waals surface area contributed by atoms with Crippen LogP contribution in [0.3, 0.4) is 0 Å². The minimum absolute atomic E-state index is 0.0594. The summed E-state index contributed by atoms with van der Waals surface area (Å²) in [5.74, 6) is 0.753. The van der Waals surface area contributed by atoms with Gasteiger partial charge in [0, 0.05) is 10.0 Å². The standard InChI is InChI=1S/C14H9BrN2S/c15-10-7-5-9(6-8-10)13-16-12-4-2-1-3-11(12)14(18)17-13/h1-8,11H. The zero-order chi connectivity index (χ0) is 12.5. The molecule has 88 valence electrons. The maximum atomic E-state index is 5.34. The molecule has 2 aliphatic rings. The third-order valence-corrected chi connectivity index (χ3v) is 3.69. The lowest BCUT2D eigenvalue weighted by Gasteiger charge is -2.19. The van der Waals surface area contributed by atoms with Crippen molar-refractivity contribution in [1.82, 2.24) is 0 Å². The number of nitrogens with zero attached hydrogens (tertiary/aromatic N) is 2. The highest BCUT2D eigenvalue weighted by Crippen LogP contribution is 2.20. The Bertz CT molecular complexity index is 624. The van der Waals surface area contributed by atoms with E-state index in [0.717, 1.165) is 15.7 Å². The molecular weight excluding hydrogens is 308 g/mol. The van der Waals surface area contributed by atoms with E-state index in [9.17, 15) is 0 Å². The third kappa shape index (κ3) is 2.13. The van der Waals surface area contributed by atoms with Gasteiger partial charge in [0.05, 0.1) is 11.6 Å². The lowest BCUT2D eigenvalue weighted by Crippen LogP contribution is -2.26. The number of hydrogen-bond donors (Lipinski definition) is 0. The van der Waals surface area contributed by atoms with Gasteiger partial charge < -0.3 is 0 Å². The Morgan fingerprint density at radius 1 is 1.06 bits per heavy atom. The average Bonchev–Trinajstić information content (AvgIpc) is 2.39. The summed E-state index contributed by atoms with van der Waals surface area (Å²) in [6, 6.07) is 7.92. The molecule has 0 fully saturated rings. The molecule has 1 aromatic carbocycles. The number of fused-ring (bicyclic) bond motifs is 1. The van der Waals surface area contributed by atoms with E-state index in [0.29, 0.717) is 10.8 Å². The SMILES string of the molecule is S=C1N=C(c2ccc(Br)cc2)N=C2C=CC=CC12. The number of benzene rings is 1. The summed E-state index contributed by atoms with van der Waals surface area (Å²) in [4.78, 5) is 9.69. The van der Waals surface area contributed by atoms with Gasteiger partial charge in [-0.15, -0.1) is 0 Å². The minimum Gasteiger partial charge on any atom is -0.232 e. The maximum Gasteiger partial charge on any atom is 0.160 e. The first-order valence-electron chi connectivity index (χ1n) is 5.56. The van der Waals surface area contributed by atoms with Gasteiger partial charge in [-0.25, -0.2) is 9.98 Å².